The van der Waals surface area contributed by atoms with E-state index in [9.17, 15) is 57.8 Å². The Hall–Kier alpha value is -13.3. The van der Waals surface area contributed by atoms with Gasteiger partial charge >= 0.3 is 0 Å². The van der Waals surface area contributed by atoms with Crippen molar-refractivity contribution in [1.82, 2.24) is 89.3 Å². The molecule has 724 valence electrons. The fourth-order valence-electron chi connectivity index (χ4n) is 15.1. The molecule has 0 radical (unpaired) electrons. The molecular formula is C90H121N21O21S2. The molecule has 4 heterocycles. The molecule has 24 N–H and O–H groups in total. The van der Waals surface area contributed by atoms with E-state index < -0.39 is 203 Å². The second kappa shape index (κ2) is 51.6. The lowest BCUT2D eigenvalue weighted by atomic mass is 9.87. The van der Waals surface area contributed by atoms with Gasteiger partial charge in [-0.3, -0.25) is 91.3 Å². The number of nitrogens with one attached hydrogen (secondary N) is 15. The number of primary amides is 3. The summed E-state index contributed by atoms with van der Waals surface area (Å²) in [5.74, 6) is -17.1. The van der Waals surface area contributed by atoms with E-state index in [0.29, 0.717) is 44.3 Å². The third-order valence-electron chi connectivity index (χ3n) is 22.1. The number of rotatable bonds is 42. The van der Waals surface area contributed by atoms with Crippen LogP contribution < -0.4 is 102 Å². The number of H-pyrrole nitrogens is 1. The van der Waals surface area contributed by atoms with Crippen LogP contribution in [0.3, 0.4) is 0 Å². The SMILES string of the molecule is CC(=O)NCCCC[C@@H]1NC(=O)[C@H](Cc2c[nH]c3ccccc23)NC(=O)[C@H]([C@@H](C)O)NC(=O)[C@H](CC(N)=O)NC(=O)[C@@H](NC(C)=O)C(C)(C)SSC[C@@H](C(=O)N[C@@H](Cc2ccc(OCCN)cc2)C(=O)N[C@@H](Cc2ccc3ccccc3c2)C(=O)NC2(C(=O)N[C@@H](CCCCNC(C)=O)C(=O)N[C@@H](CC(N)=O)C(=O)N[C@@H](Cc3cccnc3)C(=O)N(C)CC(N)=O)CCOCC2)NC1=O. The minimum Gasteiger partial charge on any atom is -0.492 e. The third-order valence-corrected chi connectivity index (χ3v) is 25.4. The fraction of sp³-hybridized carbons (Fsp3) is 0.478. The molecule has 18 amide bonds. The Morgan fingerprint density at radius 2 is 1.20 bits per heavy atom. The zero-order valence-electron chi connectivity index (χ0n) is 75.7. The number of amides is 18. The first-order valence-corrected chi connectivity index (χ1v) is 46.2. The number of hydrogen-bond acceptors (Lipinski definition) is 25. The van der Waals surface area contributed by atoms with Gasteiger partial charge in [0.1, 0.15) is 84.4 Å². The molecule has 2 aromatic heterocycles. The first kappa shape index (κ1) is 106. The number of para-hydroxylation sites is 1. The Kier molecular flexibility index (Phi) is 40.8. The highest BCUT2D eigenvalue weighted by atomic mass is 33.1. The van der Waals surface area contributed by atoms with Crippen molar-refractivity contribution in [1.29, 1.82) is 0 Å². The van der Waals surface area contributed by atoms with E-state index in [0.717, 1.165) is 45.7 Å². The van der Waals surface area contributed by atoms with Crippen molar-refractivity contribution in [3.63, 3.8) is 0 Å². The van der Waals surface area contributed by atoms with Crippen LogP contribution in [0.15, 0.2) is 122 Å². The number of fused-ring (bicyclic) bond motifs is 2. The Bertz CT molecular complexity index is 5180. The van der Waals surface area contributed by atoms with Crippen molar-refractivity contribution in [2.24, 2.45) is 22.9 Å². The number of hydrogen-bond donors (Lipinski definition) is 20. The molecule has 0 spiro atoms. The van der Waals surface area contributed by atoms with Gasteiger partial charge in [0, 0.05) is 139 Å². The molecule has 134 heavy (non-hydrogen) atoms. The lowest BCUT2D eigenvalue weighted by Gasteiger charge is -2.38. The van der Waals surface area contributed by atoms with Gasteiger partial charge in [0.05, 0.1) is 25.5 Å². The minimum absolute atomic E-state index is 0.111. The normalized spacial score (nSPS) is 19.1. The number of unbranched alkanes of at least 4 members (excludes halogenated alkanes) is 2. The van der Waals surface area contributed by atoms with Crippen molar-refractivity contribution in [2.75, 3.05) is 58.8 Å². The summed E-state index contributed by atoms with van der Waals surface area (Å²) < 4.78 is 10.1. The first-order chi connectivity index (χ1) is 63.7. The molecule has 12 atom stereocenters. The number of likely N-dealkylation sites (N-methyl/N-ethyl adjacent to an activating group) is 1. The molecule has 0 saturated carbocycles. The summed E-state index contributed by atoms with van der Waals surface area (Å²) in [6.07, 6.45) is -0.493. The number of aliphatic hydroxyl groups is 1. The van der Waals surface area contributed by atoms with Crippen molar-refractivity contribution in [3.8, 4) is 5.75 Å². The molecule has 6 aromatic rings. The summed E-state index contributed by atoms with van der Waals surface area (Å²) in [6, 6.07) is 10.2. The van der Waals surface area contributed by atoms with Crippen LogP contribution in [-0.2, 0) is 117 Å². The maximum atomic E-state index is 16.0. The average molecular weight is 1900 g/mol. The minimum atomic E-state index is -2.01. The van der Waals surface area contributed by atoms with E-state index in [4.69, 9.17) is 32.4 Å². The van der Waals surface area contributed by atoms with Crippen LogP contribution in [0.25, 0.3) is 21.7 Å². The Balaban J connectivity index is 1.20. The van der Waals surface area contributed by atoms with Gasteiger partial charge in [-0.15, -0.1) is 0 Å². The number of aromatic amines is 1. The van der Waals surface area contributed by atoms with E-state index >= 15 is 33.6 Å². The molecule has 0 unspecified atom stereocenters. The van der Waals surface area contributed by atoms with Gasteiger partial charge in [-0.25, -0.2) is 0 Å². The number of pyridine rings is 1. The highest BCUT2D eigenvalue weighted by molar-refractivity contribution is 8.77. The second-order valence-corrected chi connectivity index (χ2v) is 36.5. The van der Waals surface area contributed by atoms with Gasteiger partial charge in [0.15, 0.2) is 0 Å². The van der Waals surface area contributed by atoms with Gasteiger partial charge in [-0.05, 0) is 117 Å². The highest BCUT2D eigenvalue weighted by Gasteiger charge is 2.47. The molecule has 0 aliphatic carbocycles. The molecule has 8 rings (SSSR count). The van der Waals surface area contributed by atoms with E-state index in [-0.39, 0.29) is 128 Å². The predicted octanol–water partition coefficient (Wildman–Crippen LogP) is -2.80. The van der Waals surface area contributed by atoms with Crippen LogP contribution in [0.5, 0.6) is 5.75 Å². The van der Waals surface area contributed by atoms with Crippen LogP contribution in [0.2, 0.25) is 0 Å². The number of benzene rings is 4. The topological polar surface area (TPSA) is 650 Å². The molecule has 2 aliphatic rings. The molecule has 0 bridgehead atoms. The van der Waals surface area contributed by atoms with Gasteiger partial charge in [-0.2, -0.15) is 0 Å². The zero-order chi connectivity index (χ0) is 97.9. The lowest BCUT2D eigenvalue weighted by molar-refractivity contribution is -0.141. The van der Waals surface area contributed by atoms with Crippen LogP contribution in [0.4, 0.5) is 0 Å². The molecule has 2 aliphatic heterocycles. The summed E-state index contributed by atoms with van der Waals surface area (Å²) in [5.41, 5.74) is 22.9. The average Bonchev–Trinajstić information content (AvgIpc) is 1.28. The van der Waals surface area contributed by atoms with E-state index in [2.05, 4.69) is 84.4 Å². The van der Waals surface area contributed by atoms with Gasteiger partial charge in [0.2, 0.25) is 106 Å². The maximum absolute atomic E-state index is 16.0. The monoisotopic (exact) mass is 1900 g/mol. The van der Waals surface area contributed by atoms with Gasteiger partial charge < -0.3 is 122 Å². The maximum Gasteiger partial charge on any atom is 0.246 e. The van der Waals surface area contributed by atoms with Gasteiger partial charge in [0.25, 0.3) is 0 Å². The number of aliphatic hydroxyl groups excluding tert-OH is 1. The predicted molar refractivity (Wildman–Crippen MR) is 495 cm³/mol. The molecule has 2 saturated heterocycles. The molecule has 44 heteroatoms. The zero-order valence-corrected chi connectivity index (χ0v) is 77.3. The summed E-state index contributed by atoms with van der Waals surface area (Å²) in [5, 5.41) is 50.6. The highest BCUT2D eigenvalue weighted by Crippen LogP contribution is 2.39. The van der Waals surface area contributed by atoms with Crippen LogP contribution >= 0.6 is 21.6 Å². The number of nitrogens with two attached hydrogens (primary N) is 4. The van der Waals surface area contributed by atoms with Crippen molar-refractivity contribution >= 4 is 150 Å². The van der Waals surface area contributed by atoms with Crippen LogP contribution in [0.1, 0.15) is 128 Å². The van der Waals surface area contributed by atoms with E-state index in [1.54, 1.807) is 91.1 Å². The first-order valence-electron chi connectivity index (χ1n) is 43.8. The fourth-order valence-corrected chi connectivity index (χ4v) is 17.9. The van der Waals surface area contributed by atoms with Crippen molar-refractivity contribution < 1.29 is 101 Å². The summed E-state index contributed by atoms with van der Waals surface area (Å²) in [6.45, 7) is 7.44. The Morgan fingerprint density at radius 1 is 0.604 bits per heavy atom. The number of carbonyl (C=O) groups excluding carboxylic acids is 18. The Morgan fingerprint density at radius 3 is 1.85 bits per heavy atom. The standard InChI is InChI=1S/C90H121N21O21S2/c1-50(112)75-85(127)104-67(43-59-47-98-62-21-11-10-20-61(59)62)80(122)100-63(22-12-14-34-96-51(2)113)77(119)107-71(49-133-134-89(5,6)76(99-53(4)115)86(128)105-69(45-73(93)117)82(124)109-75)83(125)101-65(40-54-25-28-60(29-26-54)132-38-32-91)79(121)102-66(41-55-24-27-57-18-8-9-19-58(57)39-55)84(126)110-90(30-36-131-37-31-90)88(130)108-64(23-13-15-35-97-52(3)114)78(120)103-68(44-72(92)116)81(123)106-70(42-56-17-16-33-95-46-56)87(129)111(7)48-74(94)118/h8-11,16-21,24-29,33,39,46-47,50,63-71,75-76,98,112H,12-15,22-23,30-32,34-38,40-45,48-49,91H2,1-7H3,(H2,92,116)(H2,93,117)(H2,94,118)(H,96,113)(H,97,114)(H,99,115)(H,100,122)(H,101,125)(H,102,121)(H,103,120)(H,104,127)(H,105,128)(H,106,123)(H,107,119)(H,108,130)(H,109,124)(H,110,126)/t50-,63+,64+,65+,66+,67+,68+,69+,70+,71+,75+,76-/m1/s1. The van der Waals surface area contributed by atoms with Gasteiger partial charge in [-0.1, -0.05) is 100 Å². The summed E-state index contributed by atoms with van der Waals surface area (Å²) in [7, 11) is 3.03. The molecule has 42 nitrogen and oxygen atoms in total. The molecular weight excluding hydrogens is 1780 g/mol. The third kappa shape index (κ3) is 33.1. The number of nitrogens with zero attached hydrogens (tertiary/aromatic N) is 2. The second-order valence-electron chi connectivity index (χ2n) is 33.5. The van der Waals surface area contributed by atoms with E-state index in [1.165, 1.54) is 47.1 Å². The quantitative estimate of drug-likeness (QED) is 0.0136. The smallest absolute Gasteiger partial charge is 0.246 e. The van der Waals surface area contributed by atoms with E-state index in [1.807, 2.05) is 18.2 Å². The summed E-state index contributed by atoms with van der Waals surface area (Å²) >= 11 is 0. The number of carbonyl (C=O) groups is 18. The van der Waals surface area contributed by atoms with Crippen molar-refractivity contribution in [2.45, 2.75) is 214 Å². The lowest BCUT2D eigenvalue weighted by Crippen LogP contribution is -2.67. The van der Waals surface area contributed by atoms with Crippen LogP contribution in [0, 0.1) is 0 Å². The Labute approximate surface area is 781 Å². The van der Waals surface area contributed by atoms with Crippen molar-refractivity contribution in [3.05, 3.63) is 144 Å². The number of ether oxygens (including phenoxy) is 2. The molecule has 4 aromatic carbocycles. The van der Waals surface area contributed by atoms with Crippen LogP contribution in [-0.4, -0.2) is 268 Å². The summed E-state index contributed by atoms with van der Waals surface area (Å²) in [4.78, 5) is 265. The number of aromatic nitrogens is 2. The largest absolute Gasteiger partial charge is 0.492 e. The molecule has 2 fully saturated rings.